The molecular weight excluding hydrogens is 224 g/mol. The van der Waals surface area contributed by atoms with Gasteiger partial charge >= 0.3 is 0 Å². The van der Waals surface area contributed by atoms with Crippen molar-refractivity contribution in [2.24, 2.45) is 5.92 Å². The lowest BCUT2D eigenvalue weighted by molar-refractivity contribution is -0.303. The van der Waals surface area contributed by atoms with Gasteiger partial charge in [0.05, 0.1) is 12.2 Å². The summed E-state index contributed by atoms with van der Waals surface area (Å²) in [5.41, 5.74) is 0. The predicted octanol–water partition coefficient (Wildman–Crippen LogP) is 0.265. The Hall–Kier alpha value is -0.200. The van der Waals surface area contributed by atoms with Crippen LogP contribution in [0.1, 0.15) is 34.1 Å². The molecule has 0 spiro atoms. The van der Waals surface area contributed by atoms with Gasteiger partial charge in [-0.15, -0.1) is 0 Å². The van der Waals surface area contributed by atoms with Crippen LogP contribution in [0.4, 0.5) is 0 Å². The van der Waals surface area contributed by atoms with Gasteiger partial charge in [-0.3, -0.25) is 0 Å². The van der Waals surface area contributed by atoms with Gasteiger partial charge in [-0.1, -0.05) is 13.8 Å². The topological polar surface area (TPSA) is 79.2 Å². The first-order valence-corrected chi connectivity index (χ1v) is 6.18. The van der Waals surface area contributed by atoms with Crippen LogP contribution in [0.15, 0.2) is 0 Å². The minimum absolute atomic E-state index is 0.0655. The van der Waals surface area contributed by atoms with E-state index in [0.717, 1.165) is 6.42 Å². The average Bonchev–Trinajstić information content (AvgIpc) is 2.21. The first kappa shape index (κ1) is 14.9. The molecular formula is C12H24O5. The molecule has 0 unspecified atom stereocenters. The van der Waals surface area contributed by atoms with Gasteiger partial charge in [-0.05, 0) is 26.2 Å². The van der Waals surface area contributed by atoms with Gasteiger partial charge in [-0.25, -0.2) is 0 Å². The lowest BCUT2D eigenvalue weighted by Gasteiger charge is -2.40. The van der Waals surface area contributed by atoms with E-state index in [1.54, 1.807) is 6.92 Å². The second kappa shape index (κ2) is 6.11. The highest BCUT2D eigenvalue weighted by Gasteiger charge is 2.42. The summed E-state index contributed by atoms with van der Waals surface area (Å²) >= 11 is 0. The molecule has 1 aliphatic rings. The molecule has 1 fully saturated rings. The molecule has 17 heavy (non-hydrogen) atoms. The Morgan fingerprint density at radius 2 is 1.65 bits per heavy atom. The fraction of sp³-hybridized carbons (Fsp3) is 1.00. The van der Waals surface area contributed by atoms with Crippen molar-refractivity contribution < 1.29 is 24.8 Å². The fourth-order valence-corrected chi connectivity index (χ4v) is 2.07. The minimum atomic E-state index is -1.23. The lowest BCUT2D eigenvalue weighted by Crippen LogP contribution is -2.57. The van der Waals surface area contributed by atoms with E-state index in [4.69, 9.17) is 9.47 Å². The zero-order chi connectivity index (χ0) is 13.2. The van der Waals surface area contributed by atoms with Crippen LogP contribution in [0.5, 0.6) is 0 Å². The molecule has 0 amide bonds. The highest BCUT2D eigenvalue weighted by molar-refractivity contribution is 4.87. The monoisotopic (exact) mass is 248 g/mol. The maximum atomic E-state index is 9.75. The Labute approximate surface area is 102 Å². The van der Waals surface area contributed by atoms with Crippen LogP contribution in [-0.4, -0.2) is 52.1 Å². The number of hydrogen-bond donors (Lipinski definition) is 3. The number of aliphatic hydroxyl groups is 3. The SMILES string of the molecule is CC(C)C[C@H](C)O[C@@H]1O[C@@H](C)[C@H](O)[C@@H](O)[C@H]1O. The van der Waals surface area contributed by atoms with Gasteiger partial charge in [-0.2, -0.15) is 0 Å². The standard InChI is InChI=1S/C12H24O5/c1-6(2)5-7(3)16-12-11(15)10(14)9(13)8(4)17-12/h6-15H,5H2,1-4H3/t7-,8-,9-,10+,11+,12+/m0/s1. The van der Waals surface area contributed by atoms with Gasteiger partial charge < -0.3 is 24.8 Å². The van der Waals surface area contributed by atoms with E-state index >= 15 is 0 Å². The van der Waals surface area contributed by atoms with Crippen molar-refractivity contribution in [1.82, 2.24) is 0 Å². The molecule has 102 valence electrons. The summed E-state index contributed by atoms with van der Waals surface area (Å²) in [7, 11) is 0. The summed E-state index contributed by atoms with van der Waals surface area (Å²) in [5, 5.41) is 28.9. The van der Waals surface area contributed by atoms with Crippen LogP contribution in [-0.2, 0) is 9.47 Å². The van der Waals surface area contributed by atoms with Gasteiger partial charge in [0.25, 0.3) is 0 Å². The Balaban J connectivity index is 2.53. The normalized spacial score (nSPS) is 40.6. The molecule has 0 aliphatic carbocycles. The van der Waals surface area contributed by atoms with Crippen molar-refractivity contribution in [3.05, 3.63) is 0 Å². The second-order valence-electron chi connectivity index (χ2n) is 5.26. The molecule has 0 saturated carbocycles. The average molecular weight is 248 g/mol. The second-order valence-corrected chi connectivity index (χ2v) is 5.26. The van der Waals surface area contributed by atoms with Crippen molar-refractivity contribution in [3.63, 3.8) is 0 Å². The number of rotatable bonds is 4. The first-order valence-electron chi connectivity index (χ1n) is 6.18. The molecule has 1 rings (SSSR count). The predicted molar refractivity (Wildman–Crippen MR) is 62.4 cm³/mol. The Kier molecular flexibility index (Phi) is 5.34. The van der Waals surface area contributed by atoms with E-state index in [0.29, 0.717) is 5.92 Å². The zero-order valence-electron chi connectivity index (χ0n) is 10.9. The molecule has 1 aliphatic heterocycles. The van der Waals surface area contributed by atoms with Crippen molar-refractivity contribution >= 4 is 0 Å². The third-order valence-corrected chi connectivity index (χ3v) is 2.98. The maximum absolute atomic E-state index is 9.75. The molecule has 0 bridgehead atoms. The summed E-state index contributed by atoms with van der Waals surface area (Å²) in [4.78, 5) is 0. The molecule has 5 heteroatoms. The molecule has 0 aromatic heterocycles. The summed E-state index contributed by atoms with van der Waals surface area (Å²) in [6.45, 7) is 7.71. The Morgan fingerprint density at radius 1 is 1.06 bits per heavy atom. The van der Waals surface area contributed by atoms with E-state index in [9.17, 15) is 15.3 Å². The quantitative estimate of drug-likeness (QED) is 0.665. The van der Waals surface area contributed by atoms with E-state index in [-0.39, 0.29) is 6.10 Å². The van der Waals surface area contributed by atoms with Crippen molar-refractivity contribution in [1.29, 1.82) is 0 Å². The Morgan fingerprint density at radius 3 is 2.18 bits per heavy atom. The smallest absolute Gasteiger partial charge is 0.186 e. The van der Waals surface area contributed by atoms with E-state index in [2.05, 4.69) is 13.8 Å². The first-order chi connectivity index (χ1) is 7.82. The number of hydrogen-bond acceptors (Lipinski definition) is 5. The van der Waals surface area contributed by atoms with Crippen LogP contribution in [0.25, 0.3) is 0 Å². The van der Waals surface area contributed by atoms with Gasteiger partial charge in [0.15, 0.2) is 6.29 Å². The van der Waals surface area contributed by atoms with E-state index < -0.39 is 30.7 Å². The summed E-state index contributed by atoms with van der Waals surface area (Å²) in [6.07, 6.45) is -4.17. The van der Waals surface area contributed by atoms with E-state index in [1.807, 2.05) is 6.92 Å². The summed E-state index contributed by atoms with van der Waals surface area (Å²) in [5.74, 6) is 0.485. The zero-order valence-corrected chi connectivity index (χ0v) is 10.9. The molecule has 3 N–H and O–H groups in total. The molecule has 5 nitrogen and oxygen atoms in total. The molecule has 6 atom stereocenters. The number of aliphatic hydroxyl groups excluding tert-OH is 3. The lowest BCUT2D eigenvalue weighted by atomic mass is 10.00. The molecule has 0 aromatic carbocycles. The van der Waals surface area contributed by atoms with Crippen LogP contribution >= 0.6 is 0 Å². The highest BCUT2D eigenvalue weighted by atomic mass is 16.7. The van der Waals surface area contributed by atoms with Gasteiger partial charge in [0.2, 0.25) is 0 Å². The largest absolute Gasteiger partial charge is 0.388 e. The van der Waals surface area contributed by atoms with Gasteiger partial charge in [0.1, 0.15) is 18.3 Å². The minimum Gasteiger partial charge on any atom is -0.388 e. The van der Waals surface area contributed by atoms with Crippen molar-refractivity contribution in [2.45, 2.75) is 70.9 Å². The van der Waals surface area contributed by atoms with Crippen LogP contribution < -0.4 is 0 Å². The van der Waals surface area contributed by atoms with Crippen molar-refractivity contribution in [2.75, 3.05) is 0 Å². The van der Waals surface area contributed by atoms with E-state index in [1.165, 1.54) is 0 Å². The van der Waals surface area contributed by atoms with Crippen LogP contribution in [0.3, 0.4) is 0 Å². The van der Waals surface area contributed by atoms with Crippen LogP contribution in [0.2, 0.25) is 0 Å². The maximum Gasteiger partial charge on any atom is 0.186 e. The third-order valence-electron chi connectivity index (χ3n) is 2.98. The van der Waals surface area contributed by atoms with Crippen LogP contribution in [0, 0.1) is 5.92 Å². The summed E-state index contributed by atoms with van der Waals surface area (Å²) in [6, 6.07) is 0. The molecule has 0 radical (unpaired) electrons. The van der Waals surface area contributed by atoms with Gasteiger partial charge in [0, 0.05) is 0 Å². The number of ether oxygens (including phenoxy) is 2. The third kappa shape index (κ3) is 3.89. The molecule has 1 saturated heterocycles. The van der Waals surface area contributed by atoms with Crippen molar-refractivity contribution in [3.8, 4) is 0 Å². The Bertz CT molecular complexity index is 233. The fourth-order valence-electron chi connectivity index (χ4n) is 2.07. The highest BCUT2D eigenvalue weighted by Crippen LogP contribution is 2.23. The molecule has 0 aromatic rings. The summed E-state index contributed by atoms with van der Waals surface area (Å²) < 4.78 is 10.9. The molecule has 1 heterocycles.